The molecule has 1 aliphatic heterocycles. The van der Waals surface area contributed by atoms with Crippen molar-refractivity contribution in [1.82, 2.24) is 16.0 Å². The minimum absolute atomic E-state index is 0. The smallest absolute Gasteiger partial charge is 0.181 e. The van der Waals surface area contributed by atoms with Gasteiger partial charge in [0.25, 0.3) is 0 Å². The van der Waals surface area contributed by atoms with Gasteiger partial charge in [-0.2, -0.15) is 10.5 Å². The topological polar surface area (TPSA) is 89.1 Å². The van der Waals surface area contributed by atoms with Gasteiger partial charge in [0.1, 0.15) is 0 Å². The summed E-state index contributed by atoms with van der Waals surface area (Å²) in [5.74, 6) is 0. The third-order valence-corrected chi connectivity index (χ3v) is 1.79. The van der Waals surface area contributed by atoms with Crippen molar-refractivity contribution in [2.75, 3.05) is 20.3 Å². The van der Waals surface area contributed by atoms with E-state index in [4.69, 9.17) is 10.5 Å². The first-order valence-electron chi connectivity index (χ1n) is 4.65. The van der Waals surface area contributed by atoms with Gasteiger partial charge >= 0.3 is 0 Å². The maximum Gasteiger partial charge on any atom is 0.181 e. The lowest BCUT2D eigenvalue weighted by Gasteiger charge is -2.17. The van der Waals surface area contributed by atoms with E-state index < -0.39 is 0 Å². The van der Waals surface area contributed by atoms with Crippen molar-refractivity contribution in [3.05, 3.63) is 12.4 Å². The summed E-state index contributed by atoms with van der Waals surface area (Å²) < 4.78 is 0. The number of nitrogens with zero attached hydrogens (tertiary/aromatic N) is 4. The lowest BCUT2D eigenvalue weighted by molar-refractivity contribution is 0.293. The van der Waals surface area contributed by atoms with Gasteiger partial charge in [-0.25, -0.2) is 0 Å². The zero-order valence-electron chi connectivity index (χ0n) is 9.48. The number of unbranched alkanes of at least 4 members (excludes halogenated alkanes) is 1. The Bertz CT molecular complexity index is 236. The monoisotopic (exact) mass is 209 g/mol. The van der Waals surface area contributed by atoms with E-state index >= 15 is 0 Å². The van der Waals surface area contributed by atoms with Crippen molar-refractivity contribution in [2.24, 2.45) is 0 Å². The van der Waals surface area contributed by atoms with Gasteiger partial charge in [-0.05, 0) is 6.42 Å². The highest BCUT2D eigenvalue weighted by Crippen LogP contribution is 2.04. The van der Waals surface area contributed by atoms with Crippen LogP contribution in [0, 0.1) is 22.7 Å². The lowest BCUT2D eigenvalue weighted by Crippen LogP contribution is -2.23. The molecule has 15 heavy (non-hydrogen) atoms. The molecular formula is C10H19N5. The van der Waals surface area contributed by atoms with Gasteiger partial charge in [0, 0.05) is 26.0 Å². The zero-order valence-corrected chi connectivity index (χ0v) is 9.48. The molecule has 0 aromatic carbocycles. The quantitative estimate of drug-likeness (QED) is 0.763. The van der Waals surface area contributed by atoms with Crippen LogP contribution in [0.2, 0.25) is 0 Å². The molecule has 1 heterocycles. The average molecular weight is 209 g/mol. The summed E-state index contributed by atoms with van der Waals surface area (Å²) in [6, 6.07) is 2.47. The maximum absolute atomic E-state index is 7.26. The fourth-order valence-corrected chi connectivity index (χ4v) is 1.10. The second-order valence-electron chi connectivity index (χ2n) is 3.09. The molecule has 0 aromatic heterocycles. The van der Waals surface area contributed by atoms with E-state index in [1.165, 1.54) is 31.5 Å². The summed E-state index contributed by atoms with van der Waals surface area (Å²) in [5.41, 5.74) is 0. The summed E-state index contributed by atoms with van der Waals surface area (Å²) in [4.78, 5) is 4.53. The Morgan fingerprint density at radius 1 is 1.27 bits per heavy atom. The highest BCUT2D eigenvalue weighted by molar-refractivity contribution is 4.99. The van der Waals surface area contributed by atoms with Gasteiger partial charge < -0.3 is 16.0 Å². The molecule has 3 N–H and O–H groups in total. The first-order valence-corrected chi connectivity index (χ1v) is 4.65. The molecule has 1 rings (SSSR count). The van der Waals surface area contributed by atoms with Crippen LogP contribution in [-0.2, 0) is 0 Å². The molecule has 0 spiro atoms. The second kappa shape index (κ2) is 10.4. The maximum atomic E-state index is 7.26. The lowest BCUT2D eigenvalue weighted by atomic mass is 10.3. The van der Waals surface area contributed by atoms with Crippen molar-refractivity contribution >= 4 is 0 Å². The van der Waals surface area contributed by atoms with Crippen LogP contribution in [0.1, 0.15) is 19.8 Å². The molecule has 5 nitrogen and oxygen atoms in total. The van der Waals surface area contributed by atoms with Crippen molar-refractivity contribution < 1.29 is 0 Å². The van der Waals surface area contributed by atoms with Crippen molar-refractivity contribution in [1.29, 1.82) is 10.5 Å². The summed E-state index contributed by atoms with van der Waals surface area (Å²) in [5, 5.41) is 14.5. The normalized spacial score (nSPS) is 12.0. The van der Waals surface area contributed by atoms with Crippen LogP contribution in [-0.4, -0.2) is 30.1 Å². The van der Waals surface area contributed by atoms with E-state index in [0.29, 0.717) is 0 Å². The Labute approximate surface area is 91.8 Å². The molecular weight excluding hydrogens is 190 g/mol. The molecule has 0 amide bonds. The summed E-state index contributed by atoms with van der Waals surface area (Å²) in [6.45, 7) is 4.50. The molecule has 84 valence electrons. The van der Waals surface area contributed by atoms with Crippen LogP contribution >= 0.6 is 0 Å². The van der Waals surface area contributed by atoms with Gasteiger partial charge in [-0.15, -0.1) is 0 Å². The molecule has 0 radical (unpaired) electrons. The van der Waals surface area contributed by atoms with Gasteiger partial charge in [0.15, 0.2) is 12.1 Å². The Hall–Kier alpha value is -1.72. The van der Waals surface area contributed by atoms with Crippen LogP contribution < -0.4 is 6.15 Å². The highest BCUT2D eigenvalue weighted by atomic mass is 15.3. The fraction of sp³-hybridized carbons (Fsp3) is 0.600. The van der Waals surface area contributed by atoms with E-state index in [2.05, 4.69) is 36.2 Å². The summed E-state index contributed by atoms with van der Waals surface area (Å²) >= 11 is 0. The Kier molecular flexibility index (Phi) is 10.9. The number of nitriles is 2. The summed E-state index contributed by atoms with van der Waals surface area (Å²) in [7, 11) is 2.10. The third-order valence-electron chi connectivity index (χ3n) is 1.79. The Morgan fingerprint density at radius 2 is 1.87 bits per heavy atom. The predicted octanol–water partition coefficient (Wildman–Crippen LogP) is 1.66. The van der Waals surface area contributed by atoms with Crippen molar-refractivity contribution in [3.8, 4) is 12.1 Å². The van der Waals surface area contributed by atoms with E-state index in [1.54, 1.807) is 0 Å². The molecule has 0 bridgehead atoms. The standard InChI is InChI=1S/C8H16N2.C2N2.H3N/c1-3-4-5-10-7-6-9(2)8-10;3-1-2-4;/h6-7H,3-5,8H2,1-2H3;;1H3. The molecule has 1 aliphatic rings. The number of hydrogen-bond donors (Lipinski definition) is 1. The molecule has 0 saturated heterocycles. The predicted molar refractivity (Wildman–Crippen MR) is 59.6 cm³/mol. The average Bonchev–Trinajstić information content (AvgIpc) is 2.61. The van der Waals surface area contributed by atoms with E-state index in [1.807, 2.05) is 0 Å². The molecule has 0 aliphatic carbocycles. The van der Waals surface area contributed by atoms with Gasteiger partial charge in [-0.3, -0.25) is 0 Å². The van der Waals surface area contributed by atoms with E-state index in [9.17, 15) is 0 Å². The van der Waals surface area contributed by atoms with E-state index in [-0.39, 0.29) is 6.15 Å². The minimum atomic E-state index is 0. The molecule has 5 heteroatoms. The molecule has 0 saturated carbocycles. The minimum Gasteiger partial charge on any atom is -0.362 e. The highest BCUT2D eigenvalue weighted by Gasteiger charge is 2.05. The SMILES string of the molecule is CCCCN1C=CN(C)C1.N.N#CC#N. The van der Waals surface area contributed by atoms with Crippen LogP contribution in [0.3, 0.4) is 0 Å². The first-order chi connectivity index (χ1) is 6.74. The molecule has 0 fully saturated rings. The van der Waals surface area contributed by atoms with Gasteiger partial charge in [0.05, 0.1) is 6.67 Å². The van der Waals surface area contributed by atoms with Crippen LogP contribution in [0.4, 0.5) is 0 Å². The van der Waals surface area contributed by atoms with Crippen LogP contribution in [0.25, 0.3) is 0 Å². The van der Waals surface area contributed by atoms with Gasteiger partial charge in [0.2, 0.25) is 0 Å². The first kappa shape index (κ1) is 15.7. The number of hydrogen-bond acceptors (Lipinski definition) is 5. The van der Waals surface area contributed by atoms with E-state index in [0.717, 1.165) is 6.67 Å². The number of rotatable bonds is 3. The molecule has 0 atom stereocenters. The van der Waals surface area contributed by atoms with Crippen LogP contribution in [0.15, 0.2) is 12.4 Å². The molecule has 0 aromatic rings. The van der Waals surface area contributed by atoms with Crippen molar-refractivity contribution in [3.63, 3.8) is 0 Å². The molecule has 0 unspecified atom stereocenters. The zero-order chi connectivity index (χ0) is 10.8. The Balaban J connectivity index is 0. The summed E-state index contributed by atoms with van der Waals surface area (Å²) in [6.07, 6.45) is 6.87. The third kappa shape index (κ3) is 8.61. The van der Waals surface area contributed by atoms with Gasteiger partial charge in [-0.1, -0.05) is 13.3 Å². The van der Waals surface area contributed by atoms with Crippen LogP contribution in [0.5, 0.6) is 0 Å². The Morgan fingerprint density at radius 3 is 2.20 bits per heavy atom. The largest absolute Gasteiger partial charge is 0.362 e. The van der Waals surface area contributed by atoms with Crippen molar-refractivity contribution in [2.45, 2.75) is 19.8 Å². The second-order valence-corrected chi connectivity index (χ2v) is 3.09. The fourth-order valence-electron chi connectivity index (χ4n) is 1.10.